The number of halogens is 3. The number of anilines is 1. The first-order valence-corrected chi connectivity index (χ1v) is 8.20. The number of benzene rings is 2. The van der Waals surface area contributed by atoms with Gasteiger partial charge in [-0.3, -0.25) is 9.59 Å². The van der Waals surface area contributed by atoms with Crippen LogP contribution in [0.2, 0.25) is 0 Å². The van der Waals surface area contributed by atoms with Gasteiger partial charge in [-0.1, -0.05) is 18.2 Å². The first kappa shape index (κ1) is 18.0. The largest absolute Gasteiger partial charge is 0.416 e. The lowest BCUT2D eigenvalue weighted by atomic mass is 10.0. The monoisotopic (exact) mass is 362 g/mol. The molecule has 2 amide bonds. The van der Waals surface area contributed by atoms with Crippen LogP contribution in [0.3, 0.4) is 0 Å². The molecule has 7 heteroatoms. The quantitative estimate of drug-likeness (QED) is 0.910. The molecule has 1 aliphatic heterocycles. The molecular formula is C19H17F3N2O2. The predicted octanol–water partition coefficient (Wildman–Crippen LogP) is 3.41. The van der Waals surface area contributed by atoms with Crippen molar-refractivity contribution in [1.29, 1.82) is 0 Å². The fourth-order valence-electron chi connectivity index (χ4n) is 2.96. The number of carbonyl (C=O) groups is 2. The number of nitrogens with zero attached hydrogens (tertiary/aromatic N) is 1. The van der Waals surface area contributed by atoms with E-state index in [0.29, 0.717) is 6.54 Å². The Bertz CT molecular complexity index is 816. The zero-order chi connectivity index (χ0) is 18.7. The maximum absolute atomic E-state index is 12.6. The summed E-state index contributed by atoms with van der Waals surface area (Å²) in [6.07, 6.45) is -2.71. The third-order valence-corrected chi connectivity index (χ3v) is 4.29. The molecule has 2 aromatic carbocycles. The topological polar surface area (TPSA) is 49.4 Å². The summed E-state index contributed by atoms with van der Waals surface area (Å²) in [7, 11) is 0. The van der Waals surface area contributed by atoms with E-state index in [9.17, 15) is 22.8 Å². The van der Waals surface area contributed by atoms with Crippen LogP contribution in [0.4, 0.5) is 18.9 Å². The lowest BCUT2D eigenvalue weighted by Gasteiger charge is -2.29. The van der Waals surface area contributed by atoms with E-state index >= 15 is 0 Å². The van der Waals surface area contributed by atoms with Gasteiger partial charge in [0, 0.05) is 17.8 Å². The van der Waals surface area contributed by atoms with Gasteiger partial charge in [-0.05, 0) is 48.7 Å². The minimum Gasteiger partial charge on any atom is -0.343 e. The molecular weight excluding hydrogens is 345 g/mol. The predicted molar refractivity (Wildman–Crippen MR) is 90.9 cm³/mol. The molecule has 1 N–H and O–H groups in total. The van der Waals surface area contributed by atoms with Crippen LogP contribution in [0.25, 0.3) is 0 Å². The second-order valence-corrected chi connectivity index (χ2v) is 6.04. The Morgan fingerprint density at radius 1 is 1.04 bits per heavy atom. The van der Waals surface area contributed by atoms with Crippen molar-refractivity contribution in [3.63, 3.8) is 0 Å². The van der Waals surface area contributed by atoms with Crippen LogP contribution in [0.5, 0.6) is 0 Å². The number of rotatable bonds is 3. The number of carbonyl (C=O) groups excluding carboxylic acids is 2. The third kappa shape index (κ3) is 3.87. The maximum Gasteiger partial charge on any atom is 0.416 e. The van der Waals surface area contributed by atoms with Crippen molar-refractivity contribution in [2.24, 2.45) is 0 Å². The SMILES string of the molecule is O=C(NCC(=O)N1CCCc2ccccc21)c1ccc(C(F)(F)F)cc1. The van der Waals surface area contributed by atoms with Crippen LogP contribution in [0, 0.1) is 0 Å². The molecule has 136 valence electrons. The van der Waals surface area contributed by atoms with Crippen LogP contribution in [-0.2, 0) is 17.4 Å². The fourth-order valence-corrected chi connectivity index (χ4v) is 2.96. The zero-order valence-corrected chi connectivity index (χ0v) is 13.8. The zero-order valence-electron chi connectivity index (χ0n) is 13.8. The molecule has 2 aromatic rings. The number of fused-ring (bicyclic) bond motifs is 1. The van der Waals surface area contributed by atoms with Crippen molar-refractivity contribution in [2.45, 2.75) is 19.0 Å². The molecule has 0 fully saturated rings. The summed E-state index contributed by atoms with van der Waals surface area (Å²) in [5.41, 5.74) is 1.17. The van der Waals surface area contributed by atoms with E-state index in [4.69, 9.17) is 0 Å². The number of amides is 2. The number of alkyl halides is 3. The number of para-hydroxylation sites is 1. The summed E-state index contributed by atoms with van der Waals surface area (Å²) in [5.74, 6) is -0.838. The van der Waals surface area contributed by atoms with Crippen LogP contribution in [-0.4, -0.2) is 24.9 Å². The van der Waals surface area contributed by atoms with Crippen molar-refractivity contribution in [3.8, 4) is 0 Å². The van der Waals surface area contributed by atoms with Gasteiger partial charge in [0.05, 0.1) is 12.1 Å². The average molecular weight is 362 g/mol. The second kappa shape index (κ2) is 7.19. The Morgan fingerprint density at radius 2 is 1.73 bits per heavy atom. The van der Waals surface area contributed by atoms with E-state index in [-0.39, 0.29) is 18.0 Å². The molecule has 26 heavy (non-hydrogen) atoms. The minimum atomic E-state index is -4.45. The van der Waals surface area contributed by atoms with Crippen LogP contribution < -0.4 is 10.2 Å². The van der Waals surface area contributed by atoms with Crippen molar-refractivity contribution in [3.05, 3.63) is 65.2 Å². The molecule has 0 radical (unpaired) electrons. The summed E-state index contributed by atoms with van der Waals surface area (Å²) in [4.78, 5) is 26.2. The van der Waals surface area contributed by atoms with Gasteiger partial charge in [-0.2, -0.15) is 13.2 Å². The molecule has 1 aliphatic rings. The van der Waals surface area contributed by atoms with Crippen LogP contribution >= 0.6 is 0 Å². The maximum atomic E-state index is 12.6. The summed E-state index contributed by atoms with van der Waals surface area (Å²) >= 11 is 0. The highest BCUT2D eigenvalue weighted by molar-refractivity contribution is 6.00. The van der Waals surface area contributed by atoms with Crippen molar-refractivity contribution < 1.29 is 22.8 Å². The Balaban J connectivity index is 1.62. The minimum absolute atomic E-state index is 0.0739. The number of hydrogen-bond acceptors (Lipinski definition) is 2. The fraction of sp³-hybridized carbons (Fsp3) is 0.263. The Labute approximate surface area is 148 Å². The highest BCUT2D eigenvalue weighted by Crippen LogP contribution is 2.29. The van der Waals surface area contributed by atoms with Crippen molar-refractivity contribution in [1.82, 2.24) is 5.32 Å². The normalized spacial score (nSPS) is 13.9. The van der Waals surface area contributed by atoms with E-state index in [1.807, 2.05) is 24.3 Å². The lowest BCUT2D eigenvalue weighted by molar-refractivity contribution is -0.137. The lowest BCUT2D eigenvalue weighted by Crippen LogP contribution is -2.42. The third-order valence-electron chi connectivity index (χ3n) is 4.29. The molecule has 0 saturated heterocycles. The van der Waals surface area contributed by atoms with E-state index in [1.54, 1.807) is 4.90 Å². The molecule has 0 unspecified atom stereocenters. The highest BCUT2D eigenvalue weighted by atomic mass is 19.4. The van der Waals surface area contributed by atoms with E-state index in [1.165, 1.54) is 0 Å². The summed E-state index contributed by atoms with van der Waals surface area (Å²) in [5, 5.41) is 2.47. The summed E-state index contributed by atoms with van der Waals surface area (Å²) in [6.45, 7) is 0.361. The van der Waals surface area contributed by atoms with Gasteiger partial charge in [0.25, 0.3) is 5.91 Å². The van der Waals surface area contributed by atoms with Crippen molar-refractivity contribution >= 4 is 17.5 Å². The second-order valence-electron chi connectivity index (χ2n) is 6.04. The first-order chi connectivity index (χ1) is 12.4. The number of hydrogen-bond donors (Lipinski definition) is 1. The molecule has 4 nitrogen and oxygen atoms in total. The number of nitrogens with one attached hydrogen (secondary N) is 1. The van der Waals surface area contributed by atoms with Gasteiger partial charge < -0.3 is 10.2 Å². The summed E-state index contributed by atoms with van der Waals surface area (Å²) < 4.78 is 37.7. The van der Waals surface area contributed by atoms with Gasteiger partial charge in [0.15, 0.2) is 0 Å². The van der Waals surface area contributed by atoms with Gasteiger partial charge >= 0.3 is 6.18 Å². The average Bonchev–Trinajstić information content (AvgIpc) is 2.64. The molecule has 3 rings (SSSR count). The van der Waals surface area contributed by atoms with Gasteiger partial charge in [-0.25, -0.2) is 0 Å². The number of aryl methyl sites for hydroxylation is 1. The molecule has 0 aromatic heterocycles. The molecule has 0 saturated carbocycles. The van der Waals surface area contributed by atoms with E-state index in [2.05, 4.69) is 5.32 Å². The van der Waals surface area contributed by atoms with E-state index in [0.717, 1.165) is 48.4 Å². The highest BCUT2D eigenvalue weighted by Gasteiger charge is 2.30. The van der Waals surface area contributed by atoms with Crippen LogP contribution in [0.15, 0.2) is 48.5 Å². The van der Waals surface area contributed by atoms with Gasteiger partial charge in [0.1, 0.15) is 0 Å². The smallest absolute Gasteiger partial charge is 0.343 e. The first-order valence-electron chi connectivity index (χ1n) is 8.20. The standard InChI is InChI=1S/C19H17F3N2O2/c20-19(21,22)15-9-7-14(8-10-15)18(26)23-12-17(25)24-11-3-5-13-4-1-2-6-16(13)24/h1-2,4,6-10H,3,5,11-12H2,(H,23,26). The molecule has 0 aliphatic carbocycles. The van der Waals surface area contributed by atoms with Gasteiger partial charge in [0.2, 0.25) is 5.91 Å². The van der Waals surface area contributed by atoms with E-state index < -0.39 is 17.6 Å². The Kier molecular flexibility index (Phi) is 4.97. The van der Waals surface area contributed by atoms with Gasteiger partial charge in [-0.15, -0.1) is 0 Å². The van der Waals surface area contributed by atoms with Crippen LogP contribution in [0.1, 0.15) is 27.9 Å². The Morgan fingerprint density at radius 3 is 2.42 bits per heavy atom. The molecule has 1 heterocycles. The molecule has 0 atom stereocenters. The summed E-state index contributed by atoms with van der Waals surface area (Å²) in [6, 6.07) is 11.5. The molecule has 0 bridgehead atoms. The van der Waals surface area contributed by atoms with Crippen molar-refractivity contribution in [2.75, 3.05) is 18.0 Å². The Hall–Kier alpha value is -2.83. The molecule has 0 spiro atoms.